The number of carbonyl (C=O) groups is 1. The molecule has 86 valence electrons. The van der Waals surface area contributed by atoms with Crippen LogP contribution in [0.3, 0.4) is 0 Å². The fourth-order valence-electron chi connectivity index (χ4n) is 1.53. The number of carboxylic acids is 1. The summed E-state index contributed by atoms with van der Waals surface area (Å²) in [6, 6.07) is 0. The maximum absolute atomic E-state index is 12.6. The van der Waals surface area contributed by atoms with Crippen LogP contribution in [0.5, 0.6) is 0 Å². The van der Waals surface area contributed by atoms with E-state index in [2.05, 4.69) is 9.97 Å². The largest absolute Gasteiger partial charge is 0.478 e. The lowest BCUT2D eigenvalue weighted by atomic mass is 10.2. The zero-order valence-corrected chi connectivity index (χ0v) is 8.57. The molecule has 1 aromatic heterocycles. The van der Waals surface area contributed by atoms with E-state index in [9.17, 15) is 13.6 Å². The molecule has 16 heavy (non-hydrogen) atoms. The number of aryl methyl sites for hydroxylation is 1. The Bertz CT molecular complexity index is 448. The number of carboxylic acid groups (broad SMARTS) is 1. The number of nitrogens with zero attached hydrogens (tertiary/aromatic N) is 2. The first kappa shape index (κ1) is 10.9. The molecule has 4 nitrogen and oxygen atoms in total. The summed E-state index contributed by atoms with van der Waals surface area (Å²) in [6.45, 7) is 1.53. The Labute approximate surface area is 90.3 Å². The van der Waals surface area contributed by atoms with Crippen LogP contribution in [0.15, 0.2) is 6.20 Å². The molecule has 1 saturated carbocycles. The predicted molar refractivity (Wildman–Crippen MR) is 50.5 cm³/mol. The van der Waals surface area contributed by atoms with E-state index < -0.39 is 17.8 Å². The van der Waals surface area contributed by atoms with E-state index in [1.54, 1.807) is 0 Å². The highest BCUT2D eigenvalue weighted by Crippen LogP contribution is 2.49. The standard InChI is InChI=1S/C10H10F2N2O2/c1-5-7(9(15)16)4-13-8(14-5)2-6-3-10(6,11)12/h4,6H,2-3H2,1H3,(H,15,16). The van der Waals surface area contributed by atoms with Gasteiger partial charge in [0, 0.05) is 25.0 Å². The summed E-state index contributed by atoms with van der Waals surface area (Å²) in [5.74, 6) is -4.11. The second kappa shape index (κ2) is 3.47. The second-order valence-electron chi connectivity index (χ2n) is 3.96. The number of aromatic nitrogens is 2. The van der Waals surface area contributed by atoms with Crippen molar-refractivity contribution in [3.8, 4) is 0 Å². The second-order valence-corrected chi connectivity index (χ2v) is 3.96. The Morgan fingerprint density at radius 3 is 2.75 bits per heavy atom. The van der Waals surface area contributed by atoms with Crippen LogP contribution in [0.4, 0.5) is 8.78 Å². The number of aromatic carboxylic acids is 1. The molecule has 6 heteroatoms. The van der Waals surface area contributed by atoms with Crippen molar-refractivity contribution in [3.63, 3.8) is 0 Å². The Balaban J connectivity index is 2.13. The van der Waals surface area contributed by atoms with Crippen molar-refractivity contribution in [1.82, 2.24) is 9.97 Å². The van der Waals surface area contributed by atoms with Crippen LogP contribution < -0.4 is 0 Å². The molecule has 1 unspecified atom stereocenters. The summed E-state index contributed by atoms with van der Waals surface area (Å²) in [4.78, 5) is 18.4. The summed E-state index contributed by atoms with van der Waals surface area (Å²) in [5, 5.41) is 8.73. The van der Waals surface area contributed by atoms with Gasteiger partial charge in [-0.2, -0.15) is 0 Å². The van der Waals surface area contributed by atoms with E-state index in [1.807, 2.05) is 0 Å². The molecule has 0 spiro atoms. The third kappa shape index (κ3) is 2.00. The Morgan fingerprint density at radius 2 is 2.31 bits per heavy atom. The molecule has 1 aliphatic rings. The van der Waals surface area contributed by atoms with Crippen molar-refractivity contribution in [2.24, 2.45) is 5.92 Å². The van der Waals surface area contributed by atoms with Crippen LogP contribution >= 0.6 is 0 Å². The summed E-state index contributed by atoms with van der Waals surface area (Å²) in [6.07, 6.45) is 1.14. The highest BCUT2D eigenvalue weighted by molar-refractivity contribution is 5.88. The van der Waals surface area contributed by atoms with Crippen LogP contribution in [0.1, 0.15) is 28.3 Å². The Kier molecular flexibility index (Phi) is 2.36. The number of hydrogen-bond donors (Lipinski definition) is 1. The maximum Gasteiger partial charge on any atom is 0.339 e. The molecule has 1 aromatic rings. The fourth-order valence-corrected chi connectivity index (χ4v) is 1.53. The monoisotopic (exact) mass is 228 g/mol. The number of rotatable bonds is 3. The fraction of sp³-hybridized carbons (Fsp3) is 0.500. The van der Waals surface area contributed by atoms with Gasteiger partial charge < -0.3 is 5.11 Å². The minimum Gasteiger partial charge on any atom is -0.478 e. The minimum atomic E-state index is -2.59. The van der Waals surface area contributed by atoms with Gasteiger partial charge in [-0.1, -0.05) is 0 Å². The van der Waals surface area contributed by atoms with Crippen molar-refractivity contribution in [3.05, 3.63) is 23.3 Å². The highest BCUT2D eigenvalue weighted by atomic mass is 19.3. The van der Waals surface area contributed by atoms with Crippen molar-refractivity contribution >= 4 is 5.97 Å². The van der Waals surface area contributed by atoms with Crippen LogP contribution in [0.2, 0.25) is 0 Å². The lowest BCUT2D eigenvalue weighted by Gasteiger charge is -2.02. The summed E-state index contributed by atoms with van der Waals surface area (Å²) in [5.41, 5.74) is 0.313. The zero-order chi connectivity index (χ0) is 11.9. The molecular weight excluding hydrogens is 218 g/mol. The van der Waals surface area contributed by atoms with Crippen LogP contribution in [-0.4, -0.2) is 27.0 Å². The molecule has 0 bridgehead atoms. The van der Waals surface area contributed by atoms with Crippen molar-refractivity contribution in [2.75, 3.05) is 0 Å². The summed E-state index contributed by atoms with van der Waals surface area (Å²) >= 11 is 0. The quantitative estimate of drug-likeness (QED) is 0.854. The SMILES string of the molecule is Cc1nc(CC2CC2(F)F)ncc1C(=O)O. The molecule has 1 fully saturated rings. The smallest absolute Gasteiger partial charge is 0.339 e. The molecule has 0 aromatic carbocycles. The molecule has 0 saturated heterocycles. The average molecular weight is 228 g/mol. The van der Waals surface area contributed by atoms with Gasteiger partial charge in [-0.05, 0) is 6.92 Å². The molecular formula is C10H10F2N2O2. The first-order valence-corrected chi connectivity index (χ1v) is 4.84. The molecule has 0 aliphatic heterocycles. The molecule has 1 atom stereocenters. The Hall–Kier alpha value is -1.59. The van der Waals surface area contributed by atoms with E-state index in [0.29, 0.717) is 5.69 Å². The van der Waals surface area contributed by atoms with Gasteiger partial charge in [0.2, 0.25) is 0 Å². The van der Waals surface area contributed by atoms with Gasteiger partial charge in [-0.15, -0.1) is 0 Å². The minimum absolute atomic E-state index is 0.00584. The lowest BCUT2D eigenvalue weighted by Crippen LogP contribution is -2.08. The van der Waals surface area contributed by atoms with Crippen molar-refractivity contribution in [1.29, 1.82) is 0 Å². The van der Waals surface area contributed by atoms with Gasteiger partial charge in [0.1, 0.15) is 5.82 Å². The van der Waals surface area contributed by atoms with Crippen molar-refractivity contribution < 1.29 is 18.7 Å². The van der Waals surface area contributed by atoms with Gasteiger partial charge in [0.05, 0.1) is 11.3 Å². The van der Waals surface area contributed by atoms with E-state index in [1.165, 1.54) is 13.1 Å². The van der Waals surface area contributed by atoms with E-state index in [-0.39, 0.29) is 24.2 Å². The number of halogens is 2. The molecule has 2 rings (SSSR count). The summed E-state index contributed by atoms with van der Waals surface area (Å²) in [7, 11) is 0. The van der Waals surface area contributed by atoms with E-state index in [4.69, 9.17) is 5.11 Å². The van der Waals surface area contributed by atoms with Gasteiger partial charge in [0.15, 0.2) is 0 Å². The number of hydrogen-bond acceptors (Lipinski definition) is 3. The highest BCUT2D eigenvalue weighted by Gasteiger charge is 2.56. The molecule has 1 aliphatic carbocycles. The van der Waals surface area contributed by atoms with E-state index in [0.717, 1.165) is 0 Å². The summed E-state index contributed by atoms with van der Waals surface area (Å²) < 4.78 is 25.3. The average Bonchev–Trinajstić information content (AvgIpc) is 2.72. The molecule has 1 heterocycles. The third-order valence-corrected chi connectivity index (χ3v) is 2.64. The van der Waals surface area contributed by atoms with Crippen LogP contribution in [0.25, 0.3) is 0 Å². The van der Waals surface area contributed by atoms with Gasteiger partial charge in [-0.3, -0.25) is 0 Å². The van der Waals surface area contributed by atoms with Gasteiger partial charge in [0.25, 0.3) is 5.92 Å². The lowest BCUT2D eigenvalue weighted by molar-refractivity contribution is 0.0694. The van der Waals surface area contributed by atoms with Crippen molar-refractivity contribution in [2.45, 2.75) is 25.7 Å². The molecule has 0 amide bonds. The topological polar surface area (TPSA) is 63.1 Å². The van der Waals surface area contributed by atoms with E-state index >= 15 is 0 Å². The first-order valence-electron chi connectivity index (χ1n) is 4.84. The molecule has 1 N–H and O–H groups in total. The van der Waals surface area contributed by atoms with Gasteiger partial charge >= 0.3 is 5.97 Å². The molecule has 0 radical (unpaired) electrons. The maximum atomic E-state index is 12.6. The Morgan fingerprint density at radius 1 is 1.69 bits per heavy atom. The zero-order valence-electron chi connectivity index (χ0n) is 8.57. The van der Waals surface area contributed by atoms with Crippen LogP contribution in [-0.2, 0) is 6.42 Å². The normalized spacial score (nSPS) is 21.8. The van der Waals surface area contributed by atoms with Crippen LogP contribution in [0, 0.1) is 12.8 Å². The predicted octanol–water partition coefficient (Wildman–Crippen LogP) is 1.68. The van der Waals surface area contributed by atoms with Gasteiger partial charge in [-0.25, -0.2) is 23.5 Å². The third-order valence-electron chi connectivity index (χ3n) is 2.64. The first-order chi connectivity index (χ1) is 7.40. The number of alkyl halides is 2.